The normalized spacial score (nSPS) is 13.7. The molecule has 1 nitrogen and oxygen atoms in total. The van der Waals surface area contributed by atoms with Crippen LogP contribution in [0.3, 0.4) is 0 Å². The number of halogens is 1. The Bertz CT molecular complexity index is 354. The summed E-state index contributed by atoms with van der Waals surface area (Å²) in [6, 6.07) is 9.68. The first kappa shape index (κ1) is 12.0. The minimum atomic E-state index is -0.649. The topological polar surface area (TPSA) is 20.2 Å². The minimum Gasteiger partial charge on any atom is -0.387 e. The maximum Gasteiger partial charge on any atom is 0.0932 e. The average molecular weight is 223 g/mol. The van der Waals surface area contributed by atoms with E-state index in [2.05, 4.69) is 6.58 Å². The van der Waals surface area contributed by atoms with Crippen LogP contribution in [0.4, 0.5) is 0 Å². The van der Waals surface area contributed by atoms with Crippen molar-refractivity contribution in [2.75, 3.05) is 0 Å². The van der Waals surface area contributed by atoms with Crippen LogP contribution in [0.25, 0.3) is 6.08 Å². The fourth-order valence-electron chi connectivity index (χ4n) is 1.23. The SMILES string of the molecule is C=C(C)CC(O)/C(Cl)=C/c1ccccc1. The van der Waals surface area contributed by atoms with Crippen molar-refractivity contribution in [1.82, 2.24) is 0 Å². The third kappa shape index (κ3) is 4.32. The van der Waals surface area contributed by atoms with Gasteiger partial charge < -0.3 is 5.11 Å². The molecule has 1 aromatic rings. The van der Waals surface area contributed by atoms with Crippen molar-refractivity contribution in [3.8, 4) is 0 Å². The lowest BCUT2D eigenvalue weighted by Crippen LogP contribution is -2.06. The van der Waals surface area contributed by atoms with Crippen LogP contribution in [0.2, 0.25) is 0 Å². The van der Waals surface area contributed by atoms with Crippen LogP contribution in [-0.4, -0.2) is 11.2 Å². The van der Waals surface area contributed by atoms with Crippen LogP contribution >= 0.6 is 11.6 Å². The van der Waals surface area contributed by atoms with Crippen LogP contribution < -0.4 is 0 Å². The molecule has 1 aromatic carbocycles. The lowest BCUT2D eigenvalue weighted by molar-refractivity contribution is 0.220. The Morgan fingerprint density at radius 1 is 1.47 bits per heavy atom. The van der Waals surface area contributed by atoms with Crippen molar-refractivity contribution >= 4 is 17.7 Å². The Hall–Kier alpha value is -1.05. The van der Waals surface area contributed by atoms with Crippen LogP contribution in [0.5, 0.6) is 0 Å². The summed E-state index contributed by atoms with van der Waals surface area (Å²) in [5, 5.41) is 10.1. The van der Waals surface area contributed by atoms with E-state index in [0.717, 1.165) is 11.1 Å². The molecule has 0 aliphatic carbocycles. The van der Waals surface area contributed by atoms with Gasteiger partial charge in [0.25, 0.3) is 0 Å². The van der Waals surface area contributed by atoms with Crippen LogP contribution in [0.15, 0.2) is 47.5 Å². The van der Waals surface area contributed by atoms with E-state index in [1.807, 2.05) is 37.3 Å². The van der Waals surface area contributed by atoms with Gasteiger partial charge in [-0.1, -0.05) is 47.5 Å². The van der Waals surface area contributed by atoms with Gasteiger partial charge in [0.05, 0.1) is 6.10 Å². The smallest absolute Gasteiger partial charge is 0.0932 e. The molecular weight excluding hydrogens is 208 g/mol. The van der Waals surface area contributed by atoms with Gasteiger partial charge >= 0.3 is 0 Å². The van der Waals surface area contributed by atoms with E-state index in [1.54, 1.807) is 6.08 Å². The molecule has 0 saturated heterocycles. The molecule has 1 N–H and O–H groups in total. The second-order valence-electron chi connectivity index (χ2n) is 3.62. The standard InChI is InChI=1S/C13H15ClO/c1-10(2)8-13(15)12(14)9-11-6-4-3-5-7-11/h3-7,9,13,15H,1,8H2,2H3/b12-9-. The summed E-state index contributed by atoms with van der Waals surface area (Å²) in [6.07, 6.45) is 1.63. The molecule has 0 amide bonds. The molecule has 0 aliphatic heterocycles. The molecule has 0 aromatic heterocycles. The molecule has 0 aliphatic rings. The molecule has 1 rings (SSSR count). The monoisotopic (exact) mass is 222 g/mol. The zero-order valence-electron chi connectivity index (χ0n) is 8.78. The second-order valence-corrected chi connectivity index (χ2v) is 4.05. The van der Waals surface area contributed by atoms with Gasteiger partial charge in [0, 0.05) is 5.03 Å². The molecular formula is C13H15ClO. The molecule has 0 saturated carbocycles. The van der Waals surface area contributed by atoms with Gasteiger partial charge in [-0.2, -0.15) is 0 Å². The quantitative estimate of drug-likeness (QED) is 0.772. The summed E-state index contributed by atoms with van der Waals surface area (Å²) >= 11 is 5.98. The highest BCUT2D eigenvalue weighted by Crippen LogP contribution is 2.18. The number of aliphatic hydroxyl groups excluding tert-OH is 1. The molecule has 0 radical (unpaired) electrons. The number of benzene rings is 1. The molecule has 80 valence electrons. The van der Waals surface area contributed by atoms with Crippen molar-refractivity contribution in [1.29, 1.82) is 0 Å². The highest BCUT2D eigenvalue weighted by molar-refractivity contribution is 6.32. The van der Waals surface area contributed by atoms with Crippen molar-refractivity contribution in [2.24, 2.45) is 0 Å². The van der Waals surface area contributed by atoms with E-state index in [-0.39, 0.29) is 0 Å². The Morgan fingerprint density at radius 2 is 2.07 bits per heavy atom. The van der Waals surface area contributed by atoms with E-state index in [9.17, 15) is 5.11 Å². The second kappa shape index (κ2) is 5.74. The van der Waals surface area contributed by atoms with Crippen molar-refractivity contribution in [3.05, 3.63) is 53.1 Å². The lowest BCUT2D eigenvalue weighted by atomic mass is 10.1. The third-order valence-corrected chi connectivity index (χ3v) is 2.33. The maximum absolute atomic E-state index is 9.69. The summed E-state index contributed by atoms with van der Waals surface area (Å²) in [4.78, 5) is 0. The summed E-state index contributed by atoms with van der Waals surface area (Å²) in [5.74, 6) is 0. The predicted molar refractivity (Wildman–Crippen MR) is 65.7 cm³/mol. The van der Waals surface area contributed by atoms with Gasteiger partial charge in [-0.25, -0.2) is 0 Å². The minimum absolute atomic E-state index is 0.448. The zero-order valence-corrected chi connectivity index (χ0v) is 9.54. The Kier molecular flexibility index (Phi) is 4.60. The molecule has 0 spiro atoms. The highest BCUT2D eigenvalue weighted by Gasteiger charge is 2.08. The lowest BCUT2D eigenvalue weighted by Gasteiger charge is -2.08. The van der Waals surface area contributed by atoms with Crippen molar-refractivity contribution in [3.63, 3.8) is 0 Å². The third-order valence-electron chi connectivity index (χ3n) is 1.96. The van der Waals surface area contributed by atoms with E-state index in [1.165, 1.54) is 0 Å². The first-order valence-corrected chi connectivity index (χ1v) is 5.22. The van der Waals surface area contributed by atoms with Crippen LogP contribution in [0, 0.1) is 0 Å². The van der Waals surface area contributed by atoms with E-state index < -0.39 is 6.10 Å². The molecule has 0 bridgehead atoms. The van der Waals surface area contributed by atoms with Gasteiger partial charge in [-0.3, -0.25) is 0 Å². The Labute approximate surface area is 95.7 Å². The summed E-state index contributed by atoms with van der Waals surface area (Å²) in [7, 11) is 0. The van der Waals surface area contributed by atoms with Gasteiger partial charge in [0.1, 0.15) is 0 Å². The number of hydrogen-bond donors (Lipinski definition) is 1. The van der Waals surface area contributed by atoms with E-state index >= 15 is 0 Å². The highest BCUT2D eigenvalue weighted by atomic mass is 35.5. The Balaban J connectivity index is 2.71. The van der Waals surface area contributed by atoms with Crippen LogP contribution in [-0.2, 0) is 0 Å². The van der Waals surface area contributed by atoms with E-state index in [0.29, 0.717) is 11.5 Å². The van der Waals surface area contributed by atoms with Gasteiger partial charge in [-0.15, -0.1) is 6.58 Å². The molecule has 0 fully saturated rings. The number of rotatable bonds is 4. The maximum atomic E-state index is 9.69. The first-order chi connectivity index (χ1) is 7.09. The molecule has 2 heteroatoms. The fourth-order valence-corrected chi connectivity index (χ4v) is 1.44. The van der Waals surface area contributed by atoms with E-state index in [4.69, 9.17) is 11.6 Å². The van der Waals surface area contributed by atoms with Crippen LogP contribution in [0.1, 0.15) is 18.9 Å². The van der Waals surface area contributed by atoms with Crippen molar-refractivity contribution in [2.45, 2.75) is 19.4 Å². The summed E-state index contributed by atoms with van der Waals surface area (Å²) < 4.78 is 0. The van der Waals surface area contributed by atoms with Crippen molar-refractivity contribution < 1.29 is 5.11 Å². The van der Waals surface area contributed by atoms with Gasteiger partial charge in [0.15, 0.2) is 0 Å². The molecule has 15 heavy (non-hydrogen) atoms. The van der Waals surface area contributed by atoms with Gasteiger partial charge in [-0.05, 0) is 25.0 Å². The average Bonchev–Trinajstić information content (AvgIpc) is 2.18. The Morgan fingerprint density at radius 3 is 2.60 bits per heavy atom. The first-order valence-electron chi connectivity index (χ1n) is 4.84. The van der Waals surface area contributed by atoms with Gasteiger partial charge in [0.2, 0.25) is 0 Å². The molecule has 0 heterocycles. The summed E-state index contributed by atoms with van der Waals surface area (Å²) in [5.41, 5.74) is 1.91. The molecule has 1 unspecified atom stereocenters. The molecule has 1 atom stereocenters. The number of aliphatic hydroxyl groups is 1. The fraction of sp³-hybridized carbons (Fsp3) is 0.231. The zero-order chi connectivity index (χ0) is 11.3. The number of hydrogen-bond acceptors (Lipinski definition) is 1. The largest absolute Gasteiger partial charge is 0.387 e. The predicted octanol–water partition coefficient (Wildman–Crippen LogP) is 3.59. The summed E-state index contributed by atoms with van der Waals surface area (Å²) in [6.45, 7) is 5.61.